The van der Waals surface area contributed by atoms with E-state index in [0.717, 1.165) is 28.8 Å². The molecule has 1 atom stereocenters. The van der Waals surface area contributed by atoms with Crippen LogP contribution < -0.4 is 4.74 Å². The van der Waals surface area contributed by atoms with Crippen molar-refractivity contribution in [1.82, 2.24) is 9.80 Å². The van der Waals surface area contributed by atoms with Gasteiger partial charge in [-0.05, 0) is 43.5 Å². The normalized spacial score (nSPS) is 21.9. The van der Waals surface area contributed by atoms with Crippen molar-refractivity contribution in [2.45, 2.75) is 53.0 Å². The van der Waals surface area contributed by atoms with Gasteiger partial charge in [-0.1, -0.05) is 39.5 Å². The molecule has 2 aliphatic heterocycles. The van der Waals surface area contributed by atoms with E-state index in [1.165, 1.54) is 0 Å². The van der Waals surface area contributed by atoms with E-state index >= 15 is 0 Å². The lowest BCUT2D eigenvalue weighted by atomic mass is 9.90. The second-order valence-electron chi connectivity index (χ2n) is 8.99. The molecule has 7 heteroatoms. The van der Waals surface area contributed by atoms with Gasteiger partial charge in [0, 0.05) is 36.2 Å². The Bertz CT molecular complexity index is 793. The zero-order chi connectivity index (χ0) is 21.9. The fraction of sp³-hybridized carbons (Fsp3) is 0.609. The van der Waals surface area contributed by atoms with E-state index < -0.39 is 0 Å². The van der Waals surface area contributed by atoms with Crippen molar-refractivity contribution >= 4 is 34.4 Å². The number of rotatable bonds is 4. The predicted molar refractivity (Wildman–Crippen MR) is 122 cm³/mol. The third-order valence-corrected chi connectivity index (χ3v) is 6.85. The summed E-state index contributed by atoms with van der Waals surface area (Å²) in [5.41, 5.74) is 0.437. The lowest BCUT2D eigenvalue weighted by Crippen LogP contribution is -2.49. The number of amides is 2. The summed E-state index contributed by atoms with van der Waals surface area (Å²) in [5, 5.41) is 0.783. The highest BCUT2D eigenvalue weighted by atomic mass is 32.2. The summed E-state index contributed by atoms with van der Waals surface area (Å²) in [6.45, 7) is 9.25. The summed E-state index contributed by atoms with van der Waals surface area (Å²) >= 11 is 1.65. The quantitative estimate of drug-likeness (QED) is 0.712. The summed E-state index contributed by atoms with van der Waals surface area (Å²) in [4.78, 5) is 34.6. The molecule has 2 aliphatic rings. The number of hydrogen-bond donors (Lipinski definition) is 0. The van der Waals surface area contributed by atoms with Crippen LogP contribution in [-0.2, 0) is 9.59 Å². The highest BCUT2D eigenvalue weighted by Gasteiger charge is 2.39. The highest BCUT2D eigenvalue weighted by Crippen LogP contribution is 2.33. The van der Waals surface area contributed by atoms with Gasteiger partial charge in [-0.25, -0.2) is 4.99 Å². The standard InChI is InChI=1S/C23H33N3O3S/c1-6-18-15-30-22(24-17-7-9-19(29-5)10-8-17)26(18)20(27)16-11-13-25(14-12-16)21(28)23(2,3)4/h7-10,16,18H,6,11-15H2,1-5H3. The molecule has 164 valence electrons. The summed E-state index contributed by atoms with van der Waals surface area (Å²) < 4.78 is 5.21. The van der Waals surface area contributed by atoms with Crippen molar-refractivity contribution in [2.24, 2.45) is 16.3 Å². The first-order valence-corrected chi connectivity index (χ1v) is 11.7. The zero-order valence-electron chi connectivity index (χ0n) is 18.7. The minimum atomic E-state index is -0.381. The number of likely N-dealkylation sites (tertiary alicyclic amines) is 1. The smallest absolute Gasteiger partial charge is 0.232 e. The van der Waals surface area contributed by atoms with Crippen molar-refractivity contribution in [3.05, 3.63) is 24.3 Å². The molecule has 0 N–H and O–H groups in total. The SMILES string of the molecule is CCC1CSC(=Nc2ccc(OC)cc2)N1C(=O)C1CCN(C(=O)C(C)(C)C)CC1. The van der Waals surface area contributed by atoms with E-state index in [4.69, 9.17) is 9.73 Å². The number of methoxy groups -OCH3 is 1. The van der Waals surface area contributed by atoms with Crippen LogP contribution in [0.15, 0.2) is 29.3 Å². The zero-order valence-corrected chi connectivity index (χ0v) is 19.5. The Balaban J connectivity index is 1.72. The molecule has 2 fully saturated rings. The first-order chi connectivity index (χ1) is 14.2. The Morgan fingerprint density at radius 1 is 1.17 bits per heavy atom. The molecular formula is C23H33N3O3S. The Kier molecular flexibility index (Phi) is 7.11. The lowest BCUT2D eigenvalue weighted by molar-refractivity contribution is -0.144. The van der Waals surface area contributed by atoms with Crippen molar-refractivity contribution < 1.29 is 14.3 Å². The Labute approximate surface area is 184 Å². The summed E-state index contributed by atoms with van der Waals surface area (Å²) in [5.74, 6) is 1.93. The van der Waals surface area contributed by atoms with Gasteiger partial charge in [0.15, 0.2) is 5.17 Å². The maximum atomic E-state index is 13.5. The van der Waals surface area contributed by atoms with Gasteiger partial charge >= 0.3 is 0 Å². The molecule has 0 spiro atoms. The third-order valence-electron chi connectivity index (χ3n) is 5.75. The molecule has 0 aliphatic carbocycles. The first-order valence-electron chi connectivity index (χ1n) is 10.7. The van der Waals surface area contributed by atoms with Crippen molar-refractivity contribution in [3.63, 3.8) is 0 Å². The average Bonchev–Trinajstić information content (AvgIpc) is 3.15. The second kappa shape index (κ2) is 9.41. The fourth-order valence-corrected chi connectivity index (χ4v) is 5.17. The molecule has 0 bridgehead atoms. The average molecular weight is 432 g/mol. The largest absolute Gasteiger partial charge is 0.497 e. The highest BCUT2D eigenvalue weighted by molar-refractivity contribution is 8.14. The molecule has 30 heavy (non-hydrogen) atoms. The summed E-state index contributed by atoms with van der Waals surface area (Å²) in [6, 6.07) is 7.75. The monoisotopic (exact) mass is 431 g/mol. The molecule has 0 radical (unpaired) electrons. The number of thioether (sulfide) groups is 1. The molecule has 0 aromatic heterocycles. The topological polar surface area (TPSA) is 62.2 Å². The molecule has 1 aromatic rings. The van der Waals surface area contributed by atoms with E-state index in [2.05, 4.69) is 6.92 Å². The summed E-state index contributed by atoms with van der Waals surface area (Å²) in [6.07, 6.45) is 2.34. The van der Waals surface area contributed by atoms with Crippen LogP contribution in [0.3, 0.4) is 0 Å². The van der Waals surface area contributed by atoms with Crippen LogP contribution in [0.5, 0.6) is 5.75 Å². The van der Waals surface area contributed by atoms with Gasteiger partial charge in [0.1, 0.15) is 5.75 Å². The van der Waals surface area contributed by atoms with E-state index in [0.29, 0.717) is 25.9 Å². The Morgan fingerprint density at radius 3 is 2.33 bits per heavy atom. The van der Waals surface area contributed by atoms with E-state index in [1.54, 1.807) is 18.9 Å². The maximum absolute atomic E-state index is 13.5. The number of carbonyl (C=O) groups is 2. The van der Waals surface area contributed by atoms with Crippen molar-refractivity contribution in [3.8, 4) is 5.75 Å². The number of hydrogen-bond acceptors (Lipinski definition) is 5. The number of nitrogens with zero attached hydrogens (tertiary/aromatic N) is 3. The molecule has 3 rings (SSSR count). The van der Waals surface area contributed by atoms with Gasteiger partial charge in [-0.2, -0.15) is 0 Å². The van der Waals surface area contributed by atoms with Crippen molar-refractivity contribution in [2.75, 3.05) is 26.0 Å². The molecular weight excluding hydrogens is 398 g/mol. The van der Waals surface area contributed by atoms with Crippen LogP contribution in [0.4, 0.5) is 5.69 Å². The van der Waals surface area contributed by atoms with Gasteiger partial charge in [0.25, 0.3) is 0 Å². The Hall–Kier alpha value is -2.02. The number of carbonyl (C=O) groups excluding carboxylic acids is 2. The van der Waals surface area contributed by atoms with Crippen LogP contribution in [0.25, 0.3) is 0 Å². The number of aliphatic imine (C=N–C) groups is 1. The summed E-state index contributed by atoms with van der Waals surface area (Å²) in [7, 11) is 1.64. The second-order valence-corrected chi connectivity index (χ2v) is 9.98. The number of amidine groups is 1. The van der Waals surface area contributed by atoms with Gasteiger partial charge in [0.05, 0.1) is 12.8 Å². The number of benzene rings is 1. The van der Waals surface area contributed by atoms with Crippen LogP contribution in [0.2, 0.25) is 0 Å². The lowest BCUT2D eigenvalue weighted by Gasteiger charge is -2.37. The predicted octanol–water partition coefficient (Wildman–Crippen LogP) is 4.32. The first kappa shape index (κ1) is 22.7. The fourth-order valence-electron chi connectivity index (χ4n) is 3.90. The molecule has 1 aromatic carbocycles. The van der Waals surface area contributed by atoms with Crippen LogP contribution in [0, 0.1) is 11.3 Å². The molecule has 2 amide bonds. The van der Waals surface area contributed by atoms with Crippen LogP contribution >= 0.6 is 11.8 Å². The van der Waals surface area contributed by atoms with Crippen molar-refractivity contribution in [1.29, 1.82) is 0 Å². The number of piperidine rings is 1. The van der Waals surface area contributed by atoms with Crippen LogP contribution in [-0.4, -0.2) is 58.8 Å². The van der Waals surface area contributed by atoms with E-state index in [-0.39, 0.29) is 29.2 Å². The van der Waals surface area contributed by atoms with E-state index in [1.807, 2.05) is 54.8 Å². The molecule has 1 unspecified atom stereocenters. The maximum Gasteiger partial charge on any atom is 0.232 e. The van der Waals surface area contributed by atoms with E-state index in [9.17, 15) is 9.59 Å². The van der Waals surface area contributed by atoms with Gasteiger partial charge in [-0.15, -0.1) is 0 Å². The van der Waals surface area contributed by atoms with Crippen LogP contribution in [0.1, 0.15) is 47.0 Å². The van der Waals surface area contributed by atoms with Gasteiger partial charge < -0.3 is 9.64 Å². The third kappa shape index (κ3) is 4.99. The molecule has 6 nitrogen and oxygen atoms in total. The Morgan fingerprint density at radius 2 is 1.80 bits per heavy atom. The minimum Gasteiger partial charge on any atom is -0.497 e. The molecule has 0 saturated carbocycles. The molecule has 2 saturated heterocycles. The molecule has 2 heterocycles. The minimum absolute atomic E-state index is 0.0529. The number of ether oxygens (including phenoxy) is 1. The van der Waals surface area contributed by atoms with Gasteiger partial charge in [-0.3, -0.25) is 14.5 Å². The van der Waals surface area contributed by atoms with Gasteiger partial charge in [0.2, 0.25) is 11.8 Å².